The van der Waals surface area contributed by atoms with Crippen LogP contribution in [0.1, 0.15) is 33.4 Å². The lowest BCUT2D eigenvalue weighted by molar-refractivity contribution is 1.54. The van der Waals surface area contributed by atoms with Crippen LogP contribution in [0.4, 0.5) is 0 Å². The van der Waals surface area contributed by atoms with Crippen LogP contribution in [0.15, 0.2) is 43.0 Å². The highest BCUT2D eigenvalue weighted by Crippen LogP contribution is 2.29. The highest BCUT2D eigenvalue weighted by atomic mass is 14.1. The summed E-state index contributed by atoms with van der Waals surface area (Å²) < 4.78 is 0. The lowest BCUT2D eigenvalue weighted by Gasteiger charge is -2.11. The van der Waals surface area contributed by atoms with Gasteiger partial charge in [0.05, 0.1) is 0 Å². The lowest BCUT2D eigenvalue weighted by Crippen LogP contribution is -2.01. The summed E-state index contributed by atoms with van der Waals surface area (Å²) in [5.41, 5.74) is 2.47. The van der Waals surface area contributed by atoms with Crippen molar-refractivity contribution in [3.8, 4) is 0 Å². The van der Waals surface area contributed by atoms with Crippen LogP contribution in [-0.2, 0) is 0 Å². The summed E-state index contributed by atoms with van der Waals surface area (Å²) in [4.78, 5) is 0. The van der Waals surface area contributed by atoms with Gasteiger partial charge in [0.15, 0.2) is 0 Å². The molecular weight excluding hydrogens is 240 g/mol. The Morgan fingerprint density at radius 3 is 2.15 bits per heavy atom. The maximum Gasteiger partial charge on any atom is -0.00244 e. The first-order valence-corrected chi connectivity index (χ1v) is 5.78. The first kappa shape index (κ1) is 17.9. The van der Waals surface area contributed by atoms with Crippen molar-refractivity contribution < 1.29 is 0 Å². The molecule has 0 bridgehead atoms. The zero-order valence-corrected chi connectivity index (χ0v) is 9.96. The Labute approximate surface area is 123 Å². The molecule has 3 rings (SSSR count). The van der Waals surface area contributed by atoms with Crippen molar-refractivity contribution in [2.45, 2.75) is 29.2 Å². The Balaban J connectivity index is 0.00000120. The molecule has 0 radical (unpaired) electrons. The van der Waals surface area contributed by atoms with E-state index in [1.807, 2.05) is 6.08 Å². The van der Waals surface area contributed by atoms with Gasteiger partial charge in [-0.2, -0.15) is 0 Å². The largest absolute Gasteiger partial charge is 0.0984 e. The predicted molar refractivity (Wildman–Crippen MR) is 97.2 cm³/mol. The van der Waals surface area contributed by atoms with Crippen molar-refractivity contribution in [1.29, 1.82) is 0 Å². The molecule has 0 atom stereocenters. The molecule has 0 heterocycles. The Kier molecular flexibility index (Phi) is 5.72. The zero-order valence-electron chi connectivity index (χ0n) is 9.96. The molecule has 0 aliphatic carbocycles. The summed E-state index contributed by atoms with van der Waals surface area (Å²) in [6, 6.07) is 12.9. The van der Waals surface area contributed by atoms with Gasteiger partial charge in [-0.3, -0.25) is 0 Å². The van der Waals surface area contributed by atoms with Crippen LogP contribution in [0, 0.1) is 6.92 Å². The van der Waals surface area contributed by atoms with Crippen LogP contribution in [0.2, 0.25) is 0 Å². The Hall–Kier alpha value is -2.08. The fraction of sp³-hybridized carbons (Fsp3) is 0.200. The SMILES string of the molecule is C.C.C.C=Cc1ccc2c(C)ccc3ccc(=C)c1c32. The Morgan fingerprint density at radius 2 is 1.50 bits per heavy atom. The highest BCUT2D eigenvalue weighted by Gasteiger charge is 2.07. The number of hydrogen-bond acceptors (Lipinski definition) is 0. The molecule has 0 heteroatoms. The first-order valence-electron chi connectivity index (χ1n) is 5.78. The molecule has 0 nitrogen and oxygen atoms in total. The summed E-state index contributed by atoms with van der Waals surface area (Å²) in [6.45, 7) is 10.2. The van der Waals surface area contributed by atoms with Crippen LogP contribution >= 0.6 is 0 Å². The number of rotatable bonds is 1. The summed E-state index contributed by atoms with van der Waals surface area (Å²) in [5.74, 6) is 0. The van der Waals surface area contributed by atoms with Crippen molar-refractivity contribution in [3.05, 3.63) is 59.3 Å². The molecule has 3 aromatic carbocycles. The molecule has 0 aliphatic rings. The van der Waals surface area contributed by atoms with Crippen LogP contribution in [0.3, 0.4) is 0 Å². The molecule has 0 spiro atoms. The second-order valence-corrected chi connectivity index (χ2v) is 4.49. The second-order valence-electron chi connectivity index (χ2n) is 4.49. The highest BCUT2D eigenvalue weighted by molar-refractivity contribution is 6.13. The second kappa shape index (κ2) is 6.38. The Morgan fingerprint density at radius 1 is 0.850 bits per heavy atom. The molecule has 0 aromatic heterocycles. The molecule has 3 aromatic rings. The smallest absolute Gasteiger partial charge is 0.00244 e. The first-order chi connectivity index (χ1) is 8.22. The molecule has 0 amide bonds. The van der Waals surface area contributed by atoms with Gasteiger partial charge in [0.1, 0.15) is 0 Å². The summed E-state index contributed by atoms with van der Waals surface area (Å²) in [7, 11) is 0. The lowest BCUT2D eigenvalue weighted by atomic mass is 9.93. The van der Waals surface area contributed by atoms with Crippen molar-refractivity contribution in [2.75, 3.05) is 0 Å². The normalized spacial score (nSPS) is 9.45. The van der Waals surface area contributed by atoms with Crippen molar-refractivity contribution in [2.24, 2.45) is 0 Å². The maximum atomic E-state index is 4.14. The van der Waals surface area contributed by atoms with Crippen LogP contribution in [-0.4, -0.2) is 0 Å². The molecule has 0 unspecified atom stereocenters. The minimum absolute atomic E-state index is 0. The fourth-order valence-electron chi connectivity index (χ4n) is 2.56. The third kappa shape index (κ3) is 2.34. The van der Waals surface area contributed by atoms with Gasteiger partial charge in [-0.05, 0) is 44.8 Å². The molecular formula is C20H26. The van der Waals surface area contributed by atoms with Gasteiger partial charge < -0.3 is 0 Å². The third-order valence-electron chi connectivity index (χ3n) is 3.47. The van der Waals surface area contributed by atoms with Gasteiger partial charge >= 0.3 is 0 Å². The van der Waals surface area contributed by atoms with Gasteiger partial charge in [-0.15, -0.1) is 0 Å². The van der Waals surface area contributed by atoms with Gasteiger partial charge in [-0.1, -0.05) is 77.9 Å². The molecule has 0 N–H and O–H groups in total. The number of aryl methyl sites for hydroxylation is 1. The van der Waals surface area contributed by atoms with E-state index in [-0.39, 0.29) is 22.3 Å². The van der Waals surface area contributed by atoms with E-state index in [0.29, 0.717) is 0 Å². The van der Waals surface area contributed by atoms with Gasteiger partial charge in [-0.25, -0.2) is 0 Å². The topological polar surface area (TPSA) is 0 Å². The minimum Gasteiger partial charge on any atom is -0.0984 e. The molecule has 106 valence electrons. The van der Waals surface area contributed by atoms with E-state index >= 15 is 0 Å². The maximum absolute atomic E-state index is 4.14. The molecule has 0 saturated carbocycles. The Bertz CT molecular complexity index is 779. The van der Waals surface area contributed by atoms with Gasteiger partial charge in [0, 0.05) is 0 Å². The molecule has 0 fully saturated rings. The molecule has 0 saturated heterocycles. The van der Waals surface area contributed by atoms with Crippen LogP contribution in [0.5, 0.6) is 0 Å². The quantitative estimate of drug-likeness (QED) is 0.508. The van der Waals surface area contributed by atoms with Gasteiger partial charge in [0.2, 0.25) is 0 Å². The van der Waals surface area contributed by atoms with Crippen molar-refractivity contribution >= 4 is 34.2 Å². The van der Waals surface area contributed by atoms with E-state index in [9.17, 15) is 0 Å². The molecule has 0 aliphatic heterocycles. The van der Waals surface area contributed by atoms with E-state index < -0.39 is 0 Å². The van der Waals surface area contributed by atoms with E-state index in [1.54, 1.807) is 0 Å². The third-order valence-corrected chi connectivity index (χ3v) is 3.47. The van der Waals surface area contributed by atoms with Crippen LogP contribution < -0.4 is 5.22 Å². The standard InChI is InChI=1S/C17H14.3CH4/c1-4-13-9-10-15-11(2)5-7-14-8-6-12(3)16(13)17(14)15;;;/h4-10H,1,3H2,2H3;3*1H4. The summed E-state index contributed by atoms with van der Waals surface area (Å²) >= 11 is 0. The van der Waals surface area contributed by atoms with Crippen molar-refractivity contribution in [1.82, 2.24) is 0 Å². The fourth-order valence-corrected chi connectivity index (χ4v) is 2.56. The van der Waals surface area contributed by atoms with Crippen molar-refractivity contribution in [3.63, 3.8) is 0 Å². The summed E-state index contributed by atoms with van der Waals surface area (Å²) in [5, 5.41) is 6.21. The average molecular weight is 266 g/mol. The predicted octanol–water partition coefficient (Wildman–Crippen LogP) is 5.98. The average Bonchev–Trinajstić information content (AvgIpc) is 2.36. The monoisotopic (exact) mass is 266 g/mol. The zero-order chi connectivity index (χ0) is 12.0. The van der Waals surface area contributed by atoms with Gasteiger partial charge in [0.25, 0.3) is 0 Å². The molecule has 20 heavy (non-hydrogen) atoms. The van der Waals surface area contributed by atoms with E-state index in [0.717, 1.165) is 5.22 Å². The number of hydrogen-bond donors (Lipinski definition) is 0. The van der Waals surface area contributed by atoms with E-state index in [1.165, 1.54) is 32.7 Å². The van der Waals surface area contributed by atoms with E-state index in [2.05, 4.69) is 56.5 Å². The minimum atomic E-state index is 0. The summed E-state index contributed by atoms with van der Waals surface area (Å²) in [6.07, 6.45) is 1.91. The number of benzene rings is 3. The van der Waals surface area contributed by atoms with Crippen LogP contribution in [0.25, 0.3) is 34.2 Å². The van der Waals surface area contributed by atoms with E-state index in [4.69, 9.17) is 0 Å².